The molecule has 4 heteroatoms. The number of nitrogens with one attached hydrogen (secondary N) is 1. The minimum atomic E-state index is -0.220. The van der Waals surface area contributed by atoms with Crippen molar-refractivity contribution in [1.29, 1.82) is 0 Å². The summed E-state index contributed by atoms with van der Waals surface area (Å²) in [4.78, 5) is 18.8. The first-order valence-corrected chi connectivity index (χ1v) is 7.02. The minimum Gasteiger partial charge on any atom is -0.370 e. The van der Waals surface area contributed by atoms with Gasteiger partial charge in [0, 0.05) is 13.0 Å². The van der Waals surface area contributed by atoms with E-state index >= 15 is 0 Å². The lowest BCUT2D eigenvalue weighted by molar-refractivity contribution is -0.153. The average molecular weight is 262 g/mol. The van der Waals surface area contributed by atoms with Crippen molar-refractivity contribution in [3.05, 3.63) is 35.9 Å². The molecular formula is C15H22N2O2. The summed E-state index contributed by atoms with van der Waals surface area (Å²) in [6.07, 6.45) is 2.91. The highest BCUT2D eigenvalue weighted by Crippen LogP contribution is 2.17. The van der Waals surface area contributed by atoms with E-state index in [-0.39, 0.29) is 12.0 Å². The van der Waals surface area contributed by atoms with Crippen molar-refractivity contribution >= 4 is 5.97 Å². The molecule has 1 heterocycles. The van der Waals surface area contributed by atoms with Crippen LogP contribution in [0.2, 0.25) is 0 Å². The average Bonchev–Trinajstić information content (AvgIpc) is 2.97. The van der Waals surface area contributed by atoms with Crippen LogP contribution in [-0.2, 0) is 9.63 Å². The molecule has 1 fully saturated rings. The molecule has 0 radical (unpaired) electrons. The van der Waals surface area contributed by atoms with Crippen LogP contribution in [0, 0.1) is 0 Å². The molecule has 2 rings (SSSR count). The van der Waals surface area contributed by atoms with Crippen LogP contribution in [0.15, 0.2) is 30.3 Å². The van der Waals surface area contributed by atoms with Crippen molar-refractivity contribution in [2.45, 2.75) is 32.2 Å². The number of carbonyl (C=O) groups is 1. The van der Waals surface area contributed by atoms with E-state index in [4.69, 9.17) is 4.84 Å². The Balaban J connectivity index is 1.97. The van der Waals surface area contributed by atoms with E-state index in [2.05, 4.69) is 22.5 Å². The van der Waals surface area contributed by atoms with E-state index in [1.807, 2.05) is 18.2 Å². The molecule has 1 aliphatic heterocycles. The lowest BCUT2D eigenvalue weighted by Gasteiger charge is -2.24. The molecule has 4 nitrogen and oxygen atoms in total. The zero-order valence-corrected chi connectivity index (χ0v) is 11.5. The summed E-state index contributed by atoms with van der Waals surface area (Å²) in [5, 5.41) is 0. The van der Waals surface area contributed by atoms with Crippen LogP contribution in [0.25, 0.3) is 0 Å². The van der Waals surface area contributed by atoms with Crippen LogP contribution < -0.4 is 5.48 Å². The van der Waals surface area contributed by atoms with Crippen molar-refractivity contribution in [3.8, 4) is 0 Å². The Kier molecular flexibility index (Phi) is 5.36. The second-order valence-electron chi connectivity index (χ2n) is 4.92. The normalized spacial score (nSPS) is 17.3. The van der Waals surface area contributed by atoms with Gasteiger partial charge in [0.1, 0.15) is 0 Å². The van der Waals surface area contributed by atoms with E-state index in [0.717, 1.165) is 25.2 Å². The van der Waals surface area contributed by atoms with E-state index in [9.17, 15) is 4.79 Å². The van der Waals surface area contributed by atoms with Gasteiger partial charge in [-0.1, -0.05) is 37.3 Å². The van der Waals surface area contributed by atoms with Gasteiger partial charge in [0.05, 0.1) is 6.04 Å². The molecule has 104 valence electrons. The number of carbonyl (C=O) groups excluding carboxylic acids is 1. The fourth-order valence-corrected chi connectivity index (χ4v) is 2.33. The molecule has 1 unspecified atom stereocenters. The number of rotatable bonds is 6. The van der Waals surface area contributed by atoms with Crippen LogP contribution in [0.3, 0.4) is 0 Å². The molecule has 1 aromatic rings. The third kappa shape index (κ3) is 4.33. The summed E-state index contributed by atoms with van der Waals surface area (Å²) in [7, 11) is 0. The third-order valence-corrected chi connectivity index (χ3v) is 3.45. The SMILES string of the molecule is CCC(=O)ONC(CN1CCCC1)c1ccccc1. The Labute approximate surface area is 114 Å². The first kappa shape index (κ1) is 14.0. The summed E-state index contributed by atoms with van der Waals surface area (Å²) >= 11 is 0. The van der Waals surface area contributed by atoms with E-state index < -0.39 is 0 Å². The van der Waals surface area contributed by atoms with Gasteiger partial charge in [0.15, 0.2) is 0 Å². The zero-order valence-electron chi connectivity index (χ0n) is 11.5. The smallest absolute Gasteiger partial charge is 0.324 e. The first-order chi connectivity index (χ1) is 9.29. The predicted octanol–water partition coefficient (Wildman–Crippen LogP) is 2.28. The number of nitrogens with zero attached hydrogens (tertiary/aromatic N) is 1. The second-order valence-corrected chi connectivity index (χ2v) is 4.92. The molecular weight excluding hydrogens is 240 g/mol. The third-order valence-electron chi connectivity index (χ3n) is 3.45. The molecule has 1 N–H and O–H groups in total. The van der Waals surface area contributed by atoms with Gasteiger partial charge in [-0.15, -0.1) is 5.48 Å². The van der Waals surface area contributed by atoms with Gasteiger partial charge in [-0.3, -0.25) is 4.79 Å². The van der Waals surface area contributed by atoms with Gasteiger partial charge in [0.2, 0.25) is 0 Å². The number of hydrogen-bond donors (Lipinski definition) is 1. The van der Waals surface area contributed by atoms with E-state index in [1.54, 1.807) is 6.92 Å². The van der Waals surface area contributed by atoms with Crippen molar-refractivity contribution in [3.63, 3.8) is 0 Å². The molecule has 1 saturated heterocycles. The van der Waals surface area contributed by atoms with Gasteiger partial charge in [-0.25, -0.2) is 0 Å². The summed E-state index contributed by atoms with van der Waals surface area (Å²) in [5.41, 5.74) is 4.07. The standard InChI is InChI=1S/C15H22N2O2/c1-2-15(18)19-16-14(12-17-10-6-7-11-17)13-8-4-3-5-9-13/h3-5,8-9,14,16H,2,6-7,10-12H2,1H3. The van der Waals surface area contributed by atoms with Crippen LogP contribution in [0.1, 0.15) is 37.8 Å². The second kappa shape index (κ2) is 7.26. The molecule has 19 heavy (non-hydrogen) atoms. The van der Waals surface area contributed by atoms with Crippen molar-refractivity contribution in [2.75, 3.05) is 19.6 Å². The van der Waals surface area contributed by atoms with Crippen LogP contribution in [0.4, 0.5) is 0 Å². The lowest BCUT2D eigenvalue weighted by atomic mass is 10.1. The monoisotopic (exact) mass is 262 g/mol. The van der Waals surface area contributed by atoms with Crippen molar-refractivity contribution < 1.29 is 9.63 Å². The lowest BCUT2D eigenvalue weighted by Crippen LogP contribution is -2.34. The number of benzene rings is 1. The fourth-order valence-electron chi connectivity index (χ4n) is 2.33. The maximum absolute atomic E-state index is 11.3. The van der Waals surface area contributed by atoms with E-state index in [1.165, 1.54) is 12.8 Å². The van der Waals surface area contributed by atoms with Gasteiger partial charge < -0.3 is 9.74 Å². The van der Waals surface area contributed by atoms with Crippen LogP contribution >= 0.6 is 0 Å². The van der Waals surface area contributed by atoms with E-state index in [0.29, 0.717) is 6.42 Å². The molecule has 0 aliphatic carbocycles. The molecule has 0 amide bonds. The molecule has 0 aromatic heterocycles. The largest absolute Gasteiger partial charge is 0.370 e. The molecule has 0 bridgehead atoms. The summed E-state index contributed by atoms with van der Waals surface area (Å²) in [6, 6.07) is 10.2. The zero-order chi connectivity index (χ0) is 13.5. The highest BCUT2D eigenvalue weighted by Gasteiger charge is 2.19. The summed E-state index contributed by atoms with van der Waals surface area (Å²) in [6.45, 7) is 4.93. The Hall–Kier alpha value is -1.39. The Morgan fingerprint density at radius 1 is 1.32 bits per heavy atom. The Morgan fingerprint density at radius 3 is 2.63 bits per heavy atom. The van der Waals surface area contributed by atoms with Gasteiger partial charge in [-0.05, 0) is 31.5 Å². The summed E-state index contributed by atoms with van der Waals surface area (Å²) < 4.78 is 0. The number of hydrogen-bond acceptors (Lipinski definition) is 4. The van der Waals surface area contributed by atoms with Crippen LogP contribution in [0.5, 0.6) is 0 Å². The molecule has 1 aliphatic rings. The van der Waals surface area contributed by atoms with Gasteiger partial charge >= 0.3 is 5.97 Å². The van der Waals surface area contributed by atoms with Crippen molar-refractivity contribution in [1.82, 2.24) is 10.4 Å². The minimum absolute atomic E-state index is 0.0369. The predicted molar refractivity (Wildman–Crippen MR) is 74.4 cm³/mol. The Bertz CT molecular complexity index is 388. The van der Waals surface area contributed by atoms with Crippen LogP contribution in [-0.4, -0.2) is 30.5 Å². The maximum Gasteiger partial charge on any atom is 0.324 e. The molecule has 1 atom stereocenters. The van der Waals surface area contributed by atoms with Gasteiger partial charge in [0.25, 0.3) is 0 Å². The highest BCUT2D eigenvalue weighted by atomic mass is 16.7. The van der Waals surface area contributed by atoms with Crippen molar-refractivity contribution in [2.24, 2.45) is 0 Å². The van der Waals surface area contributed by atoms with Gasteiger partial charge in [-0.2, -0.15) is 0 Å². The quantitative estimate of drug-likeness (QED) is 0.799. The highest BCUT2D eigenvalue weighted by molar-refractivity contribution is 5.68. The fraction of sp³-hybridized carbons (Fsp3) is 0.533. The number of hydroxylamine groups is 1. The first-order valence-electron chi connectivity index (χ1n) is 7.02. The number of likely N-dealkylation sites (tertiary alicyclic amines) is 1. The molecule has 0 saturated carbocycles. The molecule has 0 spiro atoms. The topological polar surface area (TPSA) is 41.6 Å². The summed E-state index contributed by atoms with van der Waals surface area (Å²) in [5.74, 6) is -0.220. The molecule has 1 aromatic carbocycles. The maximum atomic E-state index is 11.3. The Morgan fingerprint density at radius 2 is 2.00 bits per heavy atom.